The number of hydrogen-bond acceptors (Lipinski definition) is 4. The molecule has 3 rings (SSSR count). The lowest BCUT2D eigenvalue weighted by Crippen LogP contribution is -2.10. The lowest BCUT2D eigenvalue weighted by molar-refractivity contribution is -0.141. The Morgan fingerprint density at radius 2 is 1.84 bits per heavy atom. The maximum absolute atomic E-state index is 13.6. The van der Waals surface area contributed by atoms with Gasteiger partial charge in [-0.25, -0.2) is 14.6 Å². The molecule has 5 nitrogen and oxygen atoms in total. The van der Waals surface area contributed by atoms with E-state index < -0.39 is 17.8 Å². The summed E-state index contributed by atoms with van der Waals surface area (Å²) in [5.41, 5.74) is 0.550. The summed E-state index contributed by atoms with van der Waals surface area (Å²) < 4.78 is 52.8. The van der Waals surface area contributed by atoms with E-state index >= 15 is 0 Å². The maximum Gasteiger partial charge on any atom is 0.433 e. The van der Waals surface area contributed by atoms with E-state index in [2.05, 4.69) is 20.4 Å². The molecule has 0 aliphatic rings. The van der Waals surface area contributed by atoms with Crippen LogP contribution in [0, 0.1) is 12.9 Å². The molecule has 25 heavy (non-hydrogen) atoms. The van der Waals surface area contributed by atoms with Crippen molar-refractivity contribution >= 4 is 11.6 Å². The van der Waals surface area contributed by atoms with Gasteiger partial charge in [-0.15, -0.1) is 0 Å². The summed E-state index contributed by atoms with van der Waals surface area (Å²) in [5, 5.41) is 6.55. The minimum Gasteiger partial charge on any atom is -0.324 e. The maximum atomic E-state index is 13.6. The van der Waals surface area contributed by atoms with Crippen molar-refractivity contribution in [2.75, 3.05) is 5.32 Å². The molecule has 1 N–H and O–H groups in total. The molecular weight excluding hydrogens is 338 g/mol. The van der Waals surface area contributed by atoms with Crippen LogP contribution >= 0.6 is 0 Å². The van der Waals surface area contributed by atoms with E-state index in [0.717, 1.165) is 22.5 Å². The van der Waals surface area contributed by atoms with E-state index in [-0.39, 0.29) is 13.4 Å². The molecule has 0 aliphatic carbocycles. The lowest BCUT2D eigenvalue weighted by Gasteiger charge is -2.11. The average Bonchev–Trinajstić information content (AvgIpc) is 2.92. The summed E-state index contributed by atoms with van der Waals surface area (Å²) in [5.74, 6) is -0.760. The van der Waals surface area contributed by atoms with Crippen molar-refractivity contribution in [1.29, 1.82) is 0 Å². The molecule has 2 aromatic heterocycles. The number of aryl methyl sites for hydroxylation is 1. The van der Waals surface area contributed by atoms with Crippen LogP contribution < -0.4 is 5.32 Å². The summed E-state index contributed by atoms with van der Waals surface area (Å²) >= 11 is 0. The number of alkyl halides is 3. The smallest absolute Gasteiger partial charge is 0.324 e. The van der Waals surface area contributed by atoms with E-state index in [0.29, 0.717) is 11.4 Å². The Morgan fingerprint density at radius 1 is 1.08 bits per heavy atom. The summed E-state index contributed by atoms with van der Waals surface area (Å²) in [6.07, 6.45) is -2.24. The van der Waals surface area contributed by atoms with E-state index in [1.54, 1.807) is 19.1 Å². The lowest BCUT2D eigenvalue weighted by atomic mass is 10.2. The van der Waals surface area contributed by atoms with Gasteiger partial charge in [0.15, 0.2) is 0 Å². The molecule has 9 heteroatoms. The van der Waals surface area contributed by atoms with Crippen LogP contribution in [-0.4, -0.2) is 19.7 Å². The zero-order valence-electron chi connectivity index (χ0n) is 12.3. The van der Waals surface area contributed by atoms with Gasteiger partial charge in [0.2, 0.25) is 11.9 Å². The van der Waals surface area contributed by atoms with Gasteiger partial charge in [-0.1, -0.05) is 7.43 Å². The highest BCUT2D eigenvalue weighted by atomic mass is 19.4. The van der Waals surface area contributed by atoms with Gasteiger partial charge in [-0.05, 0) is 36.8 Å². The van der Waals surface area contributed by atoms with Crippen LogP contribution in [0.1, 0.15) is 18.7 Å². The van der Waals surface area contributed by atoms with Crippen LogP contribution in [0.2, 0.25) is 0 Å². The van der Waals surface area contributed by atoms with E-state index in [1.165, 1.54) is 18.3 Å². The van der Waals surface area contributed by atoms with Crippen LogP contribution in [0.4, 0.5) is 29.2 Å². The number of nitrogens with one attached hydrogen (secondary N) is 1. The third kappa shape index (κ3) is 4.11. The molecule has 2 heterocycles. The SMILES string of the molecule is C.Cc1cc(Nc2nccc(C(F)(F)F)n2)cc(-n2nccc2F)c1. The van der Waals surface area contributed by atoms with Gasteiger partial charge >= 0.3 is 6.18 Å². The number of benzene rings is 1. The van der Waals surface area contributed by atoms with Crippen molar-refractivity contribution in [1.82, 2.24) is 19.7 Å². The Balaban J connectivity index is 0.00000225. The van der Waals surface area contributed by atoms with Crippen molar-refractivity contribution in [3.63, 3.8) is 0 Å². The molecule has 3 aromatic rings. The van der Waals surface area contributed by atoms with Crippen molar-refractivity contribution in [3.05, 3.63) is 59.9 Å². The fourth-order valence-corrected chi connectivity index (χ4v) is 2.14. The van der Waals surface area contributed by atoms with Crippen molar-refractivity contribution < 1.29 is 17.6 Å². The van der Waals surface area contributed by atoms with Crippen molar-refractivity contribution in [2.24, 2.45) is 0 Å². The molecule has 0 unspecified atom stereocenters. The predicted molar refractivity (Wildman–Crippen MR) is 85.3 cm³/mol. The molecule has 1 aromatic carbocycles. The number of rotatable bonds is 3. The topological polar surface area (TPSA) is 55.6 Å². The third-order valence-corrected chi connectivity index (χ3v) is 3.11. The summed E-state index contributed by atoms with van der Waals surface area (Å²) in [7, 11) is 0. The van der Waals surface area contributed by atoms with Gasteiger partial charge in [0.25, 0.3) is 0 Å². The molecule has 0 radical (unpaired) electrons. The number of anilines is 2. The minimum absolute atomic E-state index is 0. The molecule has 0 spiro atoms. The molecule has 0 bridgehead atoms. The Hall–Kier alpha value is -2.97. The normalized spacial score (nSPS) is 11.1. The van der Waals surface area contributed by atoms with Gasteiger partial charge < -0.3 is 5.32 Å². The summed E-state index contributed by atoms with van der Waals surface area (Å²) in [6, 6.07) is 6.88. The molecule has 0 atom stereocenters. The van der Waals surface area contributed by atoms with E-state index in [4.69, 9.17) is 0 Å². The molecule has 0 saturated carbocycles. The third-order valence-electron chi connectivity index (χ3n) is 3.11. The van der Waals surface area contributed by atoms with E-state index in [9.17, 15) is 17.6 Å². The zero-order valence-corrected chi connectivity index (χ0v) is 12.3. The molecule has 132 valence electrons. The fourth-order valence-electron chi connectivity index (χ4n) is 2.14. The molecule has 0 fully saturated rings. The van der Waals surface area contributed by atoms with Gasteiger partial charge in [0, 0.05) is 18.0 Å². The first-order valence-electron chi connectivity index (χ1n) is 6.82. The molecule has 0 saturated heterocycles. The van der Waals surface area contributed by atoms with Crippen LogP contribution in [0.15, 0.2) is 42.7 Å². The number of hydrogen-bond donors (Lipinski definition) is 1. The van der Waals surface area contributed by atoms with Gasteiger partial charge in [-0.3, -0.25) is 0 Å². The van der Waals surface area contributed by atoms with Crippen molar-refractivity contribution in [2.45, 2.75) is 20.5 Å². The molecular formula is C16H15F4N5. The highest BCUT2D eigenvalue weighted by molar-refractivity contribution is 5.59. The second kappa shape index (κ2) is 6.88. The first-order chi connectivity index (χ1) is 11.3. The van der Waals surface area contributed by atoms with Gasteiger partial charge in [-0.2, -0.15) is 22.7 Å². The summed E-state index contributed by atoms with van der Waals surface area (Å²) in [6.45, 7) is 1.77. The van der Waals surface area contributed by atoms with Crippen LogP contribution in [-0.2, 0) is 6.18 Å². The van der Waals surface area contributed by atoms with Crippen LogP contribution in [0.25, 0.3) is 5.69 Å². The Bertz CT molecular complexity index is 873. The second-order valence-corrected chi connectivity index (χ2v) is 5.01. The van der Waals surface area contributed by atoms with Crippen LogP contribution in [0.3, 0.4) is 0 Å². The first kappa shape index (κ1) is 18.4. The molecule has 0 amide bonds. The van der Waals surface area contributed by atoms with Gasteiger partial charge in [0.05, 0.1) is 11.9 Å². The Labute approximate surface area is 141 Å². The highest BCUT2D eigenvalue weighted by Gasteiger charge is 2.32. The van der Waals surface area contributed by atoms with Crippen LogP contribution in [0.5, 0.6) is 0 Å². The standard InChI is InChI=1S/C15H11F4N5.CH4/c1-9-6-10(8-11(7-9)24-13(16)3-5-21-24)22-14-20-4-2-12(23-14)15(17,18)19;/h2-8H,1H3,(H,20,22,23);1H4. The molecule has 0 aliphatic heterocycles. The first-order valence-corrected chi connectivity index (χ1v) is 6.82. The quantitative estimate of drug-likeness (QED) is 0.704. The van der Waals surface area contributed by atoms with Gasteiger partial charge in [0.1, 0.15) is 5.69 Å². The second-order valence-electron chi connectivity index (χ2n) is 5.01. The zero-order chi connectivity index (χ0) is 17.3. The average molecular weight is 353 g/mol. The minimum atomic E-state index is -4.56. The van der Waals surface area contributed by atoms with Crippen molar-refractivity contribution in [3.8, 4) is 5.69 Å². The predicted octanol–water partition coefficient (Wildman–Crippen LogP) is 4.51. The largest absolute Gasteiger partial charge is 0.433 e. The number of halogens is 4. The summed E-state index contributed by atoms with van der Waals surface area (Å²) in [4.78, 5) is 7.20. The monoisotopic (exact) mass is 353 g/mol. The fraction of sp³-hybridized carbons (Fsp3) is 0.188. The van der Waals surface area contributed by atoms with E-state index in [1.807, 2.05) is 0 Å². The Kier molecular flexibility index (Phi) is 5.05. The number of nitrogens with zero attached hydrogens (tertiary/aromatic N) is 4. The number of aromatic nitrogens is 4. The highest BCUT2D eigenvalue weighted by Crippen LogP contribution is 2.28. The Morgan fingerprint density at radius 3 is 2.48 bits per heavy atom.